The summed E-state index contributed by atoms with van der Waals surface area (Å²) in [7, 11) is 1.20. The average Bonchev–Trinajstić information content (AvgIpc) is 3.67. The largest absolute Gasteiger partial charge is 0.492 e. The van der Waals surface area contributed by atoms with Gasteiger partial charge < -0.3 is 19.3 Å². The molecule has 0 saturated heterocycles. The zero-order chi connectivity index (χ0) is 35.0. The lowest BCUT2D eigenvalue weighted by Gasteiger charge is -2.32. The van der Waals surface area contributed by atoms with Gasteiger partial charge in [-0.05, 0) is 55.7 Å². The number of aliphatic hydroxyl groups is 1. The molecule has 1 aliphatic heterocycles. The van der Waals surface area contributed by atoms with Gasteiger partial charge in [0, 0.05) is 60.1 Å². The molecule has 3 heterocycles. The van der Waals surface area contributed by atoms with Crippen molar-refractivity contribution in [2.45, 2.75) is 58.2 Å². The second-order valence-corrected chi connectivity index (χ2v) is 11.6. The first kappa shape index (κ1) is 35.1. The molecular formula is C32H31ClF6N4O5. The van der Waals surface area contributed by atoms with Crippen molar-refractivity contribution in [1.29, 1.82) is 0 Å². The predicted octanol–water partition coefficient (Wildman–Crippen LogP) is 6.90. The maximum Gasteiger partial charge on any atom is 0.435 e. The SMILES string of the molecule is CCn1cc(Cc2cc(-c3cn(CC)nc3C(F)(F)F)c3c(c2)[C@@H](O)[C@@H](Cc2ccc(Cl)c(OCC(=O)OC)c2)CO3)c(C(F)(F)F)n1. The van der Waals surface area contributed by atoms with Gasteiger partial charge in [-0.2, -0.15) is 36.5 Å². The number of carbonyl (C=O) groups is 1. The van der Waals surface area contributed by atoms with E-state index in [0.29, 0.717) is 5.56 Å². The van der Waals surface area contributed by atoms with Crippen LogP contribution in [0.4, 0.5) is 26.3 Å². The Hall–Kier alpha value is -4.24. The van der Waals surface area contributed by atoms with Crippen molar-refractivity contribution in [3.8, 4) is 22.6 Å². The lowest BCUT2D eigenvalue weighted by molar-refractivity contribution is -0.143. The molecule has 0 amide bonds. The van der Waals surface area contributed by atoms with E-state index in [2.05, 4.69) is 14.9 Å². The number of carbonyl (C=O) groups excluding carboxylic acids is 1. The molecule has 1 aliphatic rings. The minimum atomic E-state index is -4.86. The summed E-state index contributed by atoms with van der Waals surface area (Å²) in [6.07, 6.45) is -8.63. The highest BCUT2D eigenvalue weighted by molar-refractivity contribution is 6.32. The Bertz CT molecular complexity index is 1800. The summed E-state index contributed by atoms with van der Waals surface area (Å²) in [6, 6.07) is 7.59. The van der Waals surface area contributed by atoms with E-state index in [-0.39, 0.29) is 76.9 Å². The van der Waals surface area contributed by atoms with Gasteiger partial charge >= 0.3 is 18.3 Å². The maximum absolute atomic E-state index is 14.2. The minimum Gasteiger partial charge on any atom is -0.492 e. The number of ether oxygens (including phenoxy) is 3. The fourth-order valence-corrected chi connectivity index (χ4v) is 5.76. The van der Waals surface area contributed by atoms with Crippen LogP contribution in [0.5, 0.6) is 11.5 Å². The number of hydrogen-bond acceptors (Lipinski definition) is 7. The van der Waals surface area contributed by atoms with Crippen LogP contribution in [0, 0.1) is 5.92 Å². The number of methoxy groups -OCH3 is 1. The normalized spacial score (nSPS) is 16.4. The summed E-state index contributed by atoms with van der Waals surface area (Å²) in [5.41, 5.74) is -1.93. The van der Waals surface area contributed by atoms with Crippen molar-refractivity contribution in [3.63, 3.8) is 0 Å². The Morgan fingerprint density at radius 2 is 1.65 bits per heavy atom. The molecule has 0 saturated carbocycles. The van der Waals surface area contributed by atoms with Crippen LogP contribution in [-0.4, -0.2) is 51.0 Å². The Labute approximate surface area is 276 Å². The van der Waals surface area contributed by atoms with Crippen LogP contribution in [0.1, 0.15) is 53.6 Å². The smallest absolute Gasteiger partial charge is 0.435 e. The summed E-state index contributed by atoms with van der Waals surface area (Å²) in [5, 5.41) is 19.2. The number of aromatic nitrogens is 4. The number of benzene rings is 2. The van der Waals surface area contributed by atoms with E-state index in [9.17, 15) is 36.2 Å². The zero-order valence-electron chi connectivity index (χ0n) is 26.0. The Balaban J connectivity index is 1.57. The summed E-state index contributed by atoms with van der Waals surface area (Å²) in [6.45, 7) is 3.02. The van der Waals surface area contributed by atoms with Crippen LogP contribution in [0.15, 0.2) is 42.7 Å². The molecular weight excluding hydrogens is 670 g/mol. The quantitative estimate of drug-likeness (QED) is 0.142. The molecule has 16 heteroatoms. The fraction of sp³-hybridized carbons (Fsp3) is 0.406. The monoisotopic (exact) mass is 700 g/mol. The lowest BCUT2D eigenvalue weighted by atomic mass is 9.84. The Morgan fingerprint density at radius 1 is 0.979 bits per heavy atom. The van der Waals surface area contributed by atoms with Crippen molar-refractivity contribution >= 4 is 17.6 Å². The third-order valence-electron chi connectivity index (χ3n) is 7.92. The van der Waals surface area contributed by atoms with Gasteiger partial charge in [0.1, 0.15) is 11.5 Å². The van der Waals surface area contributed by atoms with Gasteiger partial charge in [0.25, 0.3) is 0 Å². The van der Waals surface area contributed by atoms with E-state index >= 15 is 0 Å². The molecule has 2 aromatic carbocycles. The second kappa shape index (κ2) is 13.7. The number of hydrogen-bond donors (Lipinski definition) is 1. The summed E-state index contributed by atoms with van der Waals surface area (Å²) < 4.78 is 103. The Kier molecular flexibility index (Phi) is 10.0. The molecule has 2 atom stereocenters. The molecule has 1 N–H and O–H groups in total. The minimum absolute atomic E-state index is 0.0258. The number of rotatable bonds is 10. The lowest BCUT2D eigenvalue weighted by Crippen LogP contribution is -2.28. The molecule has 5 rings (SSSR count). The molecule has 4 aromatic rings. The van der Waals surface area contributed by atoms with E-state index in [1.54, 1.807) is 32.0 Å². The van der Waals surface area contributed by atoms with E-state index < -0.39 is 48.3 Å². The van der Waals surface area contributed by atoms with Gasteiger partial charge in [-0.15, -0.1) is 0 Å². The third kappa shape index (κ3) is 7.41. The molecule has 258 valence electrons. The highest BCUT2D eigenvalue weighted by Gasteiger charge is 2.41. The molecule has 0 spiro atoms. The van der Waals surface area contributed by atoms with Gasteiger partial charge in [-0.25, -0.2) is 4.79 Å². The van der Waals surface area contributed by atoms with Gasteiger partial charge in [-0.1, -0.05) is 17.7 Å². The van der Waals surface area contributed by atoms with Crippen LogP contribution < -0.4 is 9.47 Å². The van der Waals surface area contributed by atoms with Crippen molar-refractivity contribution in [2.75, 3.05) is 20.3 Å². The molecule has 48 heavy (non-hydrogen) atoms. The van der Waals surface area contributed by atoms with Crippen molar-refractivity contribution in [1.82, 2.24) is 19.6 Å². The average molecular weight is 701 g/mol. The summed E-state index contributed by atoms with van der Waals surface area (Å²) in [4.78, 5) is 11.5. The molecule has 0 unspecified atom stereocenters. The Morgan fingerprint density at radius 3 is 2.29 bits per heavy atom. The topological polar surface area (TPSA) is 101 Å². The number of esters is 1. The summed E-state index contributed by atoms with van der Waals surface area (Å²) >= 11 is 6.21. The zero-order valence-corrected chi connectivity index (χ0v) is 26.7. The molecule has 0 radical (unpaired) electrons. The van der Waals surface area contributed by atoms with E-state index in [1.165, 1.54) is 31.6 Å². The number of aliphatic hydroxyl groups excluding tert-OH is 1. The van der Waals surface area contributed by atoms with Crippen LogP contribution >= 0.6 is 11.6 Å². The third-order valence-corrected chi connectivity index (χ3v) is 8.23. The van der Waals surface area contributed by atoms with Crippen molar-refractivity contribution < 1.29 is 50.5 Å². The number of halogens is 7. The first-order valence-electron chi connectivity index (χ1n) is 14.9. The second-order valence-electron chi connectivity index (χ2n) is 11.2. The maximum atomic E-state index is 14.2. The summed E-state index contributed by atoms with van der Waals surface area (Å²) in [5.74, 6) is -1.10. The molecule has 0 bridgehead atoms. The van der Waals surface area contributed by atoms with Crippen molar-refractivity contribution in [3.05, 3.63) is 81.4 Å². The first-order valence-corrected chi connectivity index (χ1v) is 15.2. The molecule has 9 nitrogen and oxygen atoms in total. The van der Waals surface area contributed by atoms with E-state index in [0.717, 1.165) is 9.36 Å². The van der Waals surface area contributed by atoms with Gasteiger partial charge in [0.2, 0.25) is 0 Å². The number of aryl methyl sites for hydroxylation is 2. The van der Waals surface area contributed by atoms with Gasteiger partial charge in [-0.3, -0.25) is 9.36 Å². The van der Waals surface area contributed by atoms with Crippen molar-refractivity contribution in [2.24, 2.45) is 5.92 Å². The highest BCUT2D eigenvalue weighted by Crippen LogP contribution is 2.47. The number of alkyl halides is 6. The van der Waals surface area contributed by atoms with Crippen LogP contribution in [0.25, 0.3) is 11.1 Å². The highest BCUT2D eigenvalue weighted by atomic mass is 35.5. The van der Waals surface area contributed by atoms with Crippen LogP contribution in [0.3, 0.4) is 0 Å². The number of nitrogens with zero attached hydrogens (tertiary/aromatic N) is 4. The standard InChI is InChI=1S/C32H31ClF6N4O5/c1-4-42-13-19(29(40-42)31(34,35)36)9-18-10-21(23-14-43(5-2)41-30(23)32(37,38)39)28-22(11-18)27(45)20(15-48-28)8-17-6-7-24(33)25(12-17)47-16-26(44)46-3/h6-7,10-14,20,27,45H,4-5,8-9,15-16H2,1-3H3/t20-,27-/m0/s1. The first-order chi connectivity index (χ1) is 22.6. The predicted molar refractivity (Wildman–Crippen MR) is 161 cm³/mol. The number of fused-ring (bicyclic) bond motifs is 1. The van der Waals surface area contributed by atoms with Crippen LogP contribution in [0.2, 0.25) is 5.02 Å². The molecule has 2 aromatic heterocycles. The van der Waals surface area contributed by atoms with E-state index in [4.69, 9.17) is 21.1 Å². The molecule has 0 fully saturated rings. The fourth-order valence-electron chi connectivity index (χ4n) is 5.59. The van der Waals surface area contributed by atoms with Gasteiger partial charge in [0.15, 0.2) is 18.0 Å². The molecule has 0 aliphatic carbocycles. The van der Waals surface area contributed by atoms with E-state index in [1.807, 2.05) is 0 Å². The van der Waals surface area contributed by atoms with Crippen LogP contribution in [-0.2, 0) is 47.8 Å². The van der Waals surface area contributed by atoms with Gasteiger partial charge in [0.05, 0.1) is 24.8 Å².